The van der Waals surface area contributed by atoms with Crippen LogP contribution in [0.1, 0.15) is 46.0 Å². The molecule has 0 radical (unpaired) electrons. The number of nitrogens with two attached hydrogens (primary N) is 1. The molecule has 2 aliphatic heterocycles. The van der Waals surface area contributed by atoms with Crippen LogP contribution in [0.5, 0.6) is 0 Å². The Bertz CT molecular complexity index is 534. The first kappa shape index (κ1) is 18.2. The SMILES string of the molecule is CC(C)C[C@@H](NC(=O)[C@H]1CCC(=O)N1)C(=O)N1CCC[C@@H]1C(N)=O. The van der Waals surface area contributed by atoms with Gasteiger partial charge < -0.3 is 21.3 Å². The Balaban J connectivity index is 2.06. The number of primary amides is 1. The lowest BCUT2D eigenvalue weighted by atomic mass is 10.0. The zero-order chi connectivity index (χ0) is 17.9. The number of nitrogens with zero attached hydrogens (tertiary/aromatic N) is 1. The molecular formula is C16H26N4O4. The second-order valence-electron chi connectivity index (χ2n) is 6.94. The molecule has 2 heterocycles. The molecule has 2 fully saturated rings. The van der Waals surface area contributed by atoms with Gasteiger partial charge in [0, 0.05) is 13.0 Å². The molecule has 2 saturated heterocycles. The van der Waals surface area contributed by atoms with Gasteiger partial charge in [0.2, 0.25) is 23.6 Å². The topological polar surface area (TPSA) is 122 Å². The first-order chi connectivity index (χ1) is 11.3. The van der Waals surface area contributed by atoms with E-state index in [-0.39, 0.29) is 23.6 Å². The van der Waals surface area contributed by atoms with Crippen molar-refractivity contribution in [2.24, 2.45) is 11.7 Å². The molecule has 0 bridgehead atoms. The number of hydrogen-bond acceptors (Lipinski definition) is 4. The van der Waals surface area contributed by atoms with E-state index in [2.05, 4.69) is 10.6 Å². The smallest absolute Gasteiger partial charge is 0.245 e. The second-order valence-corrected chi connectivity index (χ2v) is 6.94. The van der Waals surface area contributed by atoms with Gasteiger partial charge in [-0.15, -0.1) is 0 Å². The lowest BCUT2D eigenvalue weighted by Gasteiger charge is -2.29. The highest BCUT2D eigenvalue weighted by Gasteiger charge is 2.38. The van der Waals surface area contributed by atoms with E-state index in [9.17, 15) is 19.2 Å². The van der Waals surface area contributed by atoms with Crippen LogP contribution in [0.15, 0.2) is 0 Å². The average Bonchev–Trinajstić information content (AvgIpc) is 3.13. The molecule has 0 aromatic rings. The Morgan fingerprint density at radius 1 is 1.33 bits per heavy atom. The van der Waals surface area contributed by atoms with Crippen LogP contribution in [0.3, 0.4) is 0 Å². The zero-order valence-electron chi connectivity index (χ0n) is 14.2. The number of carbonyl (C=O) groups is 4. The number of rotatable bonds is 6. The van der Waals surface area contributed by atoms with Gasteiger partial charge in [0.25, 0.3) is 0 Å². The molecule has 0 unspecified atom stereocenters. The molecule has 0 aromatic heterocycles. The van der Waals surface area contributed by atoms with E-state index >= 15 is 0 Å². The van der Waals surface area contributed by atoms with E-state index in [1.165, 1.54) is 4.90 Å². The summed E-state index contributed by atoms with van der Waals surface area (Å²) in [6, 6.07) is -1.91. The molecule has 24 heavy (non-hydrogen) atoms. The Kier molecular flexibility index (Phi) is 5.80. The number of carbonyl (C=O) groups excluding carboxylic acids is 4. The van der Waals surface area contributed by atoms with Gasteiger partial charge in [0.1, 0.15) is 18.1 Å². The maximum Gasteiger partial charge on any atom is 0.245 e. The molecule has 0 spiro atoms. The third-order valence-corrected chi connectivity index (χ3v) is 4.50. The third kappa shape index (κ3) is 4.24. The third-order valence-electron chi connectivity index (χ3n) is 4.50. The highest BCUT2D eigenvalue weighted by molar-refractivity contribution is 5.95. The van der Waals surface area contributed by atoms with E-state index in [0.29, 0.717) is 32.2 Å². The molecule has 0 aromatic carbocycles. The summed E-state index contributed by atoms with van der Waals surface area (Å²) in [5.41, 5.74) is 5.38. The van der Waals surface area contributed by atoms with Crippen LogP contribution in [0.2, 0.25) is 0 Å². The number of nitrogens with one attached hydrogen (secondary N) is 2. The van der Waals surface area contributed by atoms with Crippen LogP contribution in [-0.2, 0) is 19.2 Å². The summed E-state index contributed by atoms with van der Waals surface area (Å²) in [5, 5.41) is 5.35. The quantitative estimate of drug-likeness (QED) is 0.591. The van der Waals surface area contributed by atoms with Gasteiger partial charge >= 0.3 is 0 Å². The van der Waals surface area contributed by atoms with Gasteiger partial charge in [0.15, 0.2) is 0 Å². The van der Waals surface area contributed by atoms with E-state index < -0.39 is 24.0 Å². The molecule has 8 heteroatoms. The van der Waals surface area contributed by atoms with Crippen LogP contribution < -0.4 is 16.4 Å². The molecule has 8 nitrogen and oxygen atoms in total. The monoisotopic (exact) mass is 338 g/mol. The largest absolute Gasteiger partial charge is 0.368 e. The van der Waals surface area contributed by atoms with Crippen LogP contribution in [-0.4, -0.2) is 53.2 Å². The number of hydrogen-bond donors (Lipinski definition) is 3. The highest BCUT2D eigenvalue weighted by atomic mass is 16.2. The minimum Gasteiger partial charge on any atom is -0.368 e. The van der Waals surface area contributed by atoms with Crippen molar-refractivity contribution in [2.75, 3.05) is 6.54 Å². The summed E-state index contributed by atoms with van der Waals surface area (Å²) in [5.74, 6) is -1.11. The van der Waals surface area contributed by atoms with E-state index in [1.54, 1.807) is 0 Å². The highest BCUT2D eigenvalue weighted by Crippen LogP contribution is 2.20. The van der Waals surface area contributed by atoms with Gasteiger partial charge in [-0.2, -0.15) is 0 Å². The lowest BCUT2D eigenvalue weighted by Crippen LogP contribution is -2.55. The first-order valence-electron chi connectivity index (χ1n) is 8.49. The van der Waals surface area contributed by atoms with Crippen LogP contribution >= 0.6 is 0 Å². The fourth-order valence-electron chi connectivity index (χ4n) is 3.30. The lowest BCUT2D eigenvalue weighted by molar-refractivity contribution is -0.141. The summed E-state index contributed by atoms with van der Waals surface area (Å²) in [4.78, 5) is 49.4. The van der Waals surface area contributed by atoms with Crippen molar-refractivity contribution < 1.29 is 19.2 Å². The molecule has 134 valence electrons. The van der Waals surface area contributed by atoms with Crippen molar-refractivity contribution in [3.05, 3.63) is 0 Å². The fraction of sp³-hybridized carbons (Fsp3) is 0.750. The second kappa shape index (κ2) is 7.63. The van der Waals surface area contributed by atoms with Crippen LogP contribution in [0.4, 0.5) is 0 Å². The Hall–Kier alpha value is -2.12. The Morgan fingerprint density at radius 3 is 2.58 bits per heavy atom. The fourth-order valence-corrected chi connectivity index (χ4v) is 3.30. The van der Waals surface area contributed by atoms with E-state index in [0.717, 1.165) is 6.42 Å². The van der Waals surface area contributed by atoms with Crippen molar-refractivity contribution in [1.29, 1.82) is 0 Å². The van der Waals surface area contributed by atoms with Gasteiger partial charge in [-0.05, 0) is 31.6 Å². The number of amides is 4. The summed E-state index contributed by atoms with van der Waals surface area (Å²) in [7, 11) is 0. The van der Waals surface area contributed by atoms with Gasteiger partial charge in [-0.3, -0.25) is 19.2 Å². The Labute approximate surface area is 141 Å². The summed E-state index contributed by atoms with van der Waals surface area (Å²) in [6.07, 6.45) is 2.49. The zero-order valence-corrected chi connectivity index (χ0v) is 14.2. The predicted octanol–water partition coefficient (Wildman–Crippen LogP) is -0.728. The molecular weight excluding hydrogens is 312 g/mol. The first-order valence-corrected chi connectivity index (χ1v) is 8.49. The van der Waals surface area contributed by atoms with E-state index in [1.807, 2.05) is 13.8 Å². The summed E-state index contributed by atoms with van der Waals surface area (Å²) in [6.45, 7) is 4.38. The van der Waals surface area contributed by atoms with Crippen LogP contribution in [0, 0.1) is 5.92 Å². The molecule has 4 amide bonds. The van der Waals surface area contributed by atoms with Crippen molar-refractivity contribution >= 4 is 23.6 Å². The van der Waals surface area contributed by atoms with Gasteiger partial charge in [-0.1, -0.05) is 13.8 Å². The van der Waals surface area contributed by atoms with Crippen molar-refractivity contribution in [2.45, 2.75) is 64.1 Å². The predicted molar refractivity (Wildman–Crippen MR) is 86.5 cm³/mol. The number of likely N-dealkylation sites (tertiary alicyclic amines) is 1. The summed E-state index contributed by atoms with van der Waals surface area (Å²) < 4.78 is 0. The van der Waals surface area contributed by atoms with Crippen molar-refractivity contribution in [3.8, 4) is 0 Å². The molecule has 0 aliphatic carbocycles. The standard InChI is InChI=1S/C16H26N4O4/c1-9(2)8-11(19-15(23)10-5-6-13(21)18-10)16(24)20-7-3-4-12(20)14(17)22/h9-12H,3-8H2,1-2H3,(H2,17,22)(H,18,21)(H,19,23)/t10-,11-,12-/m1/s1. The molecule has 0 saturated carbocycles. The van der Waals surface area contributed by atoms with Crippen LogP contribution in [0.25, 0.3) is 0 Å². The maximum absolute atomic E-state index is 12.8. The Morgan fingerprint density at radius 2 is 2.04 bits per heavy atom. The maximum atomic E-state index is 12.8. The van der Waals surface area contributed by atoms with Crippen molar-refractivity contribution in [1.82, 2.24) is 15.5 Å². The molecule has 4 N–H and O–H groups in total. The molecule has 2 rings (SSSR count). The molecule has 2 aliphatic rings. The van der Waals surface area contributed by atoms with Gasteiger partial charge in [0.05, 0.1) is 0 Å². The van der Waals surface area contributed by atoms with Crippen molar-refractivity contribution in [3.63, 3.8) is 0 Å². The summed E-state index contributed by atoms with van der Waals surface area (Å²) >= 11 is 0. The normalized spacial score (nSPS) is 24.8. The van der Waals surface area contributed by atoms with Gasteiger partial charge in [-0.25, -0.2) is 0 Å². The average molecular weight is 338 g/mol. The minimum atomic E-state index is -0.713. The minimum absolute atomic E-state index is 0.157. The molecule has 3 atom stereocenters. The van der Waals surface area contributed by atoms with E-state index in [4.69, 9.17) is 5.73 Å².